The summed E-state index contributed by atoms with van der Waals surface area (Å²) < 4.78 is -1.19. The Morgan fingerprint density at radius 2 is 1.92 bits per heavy atom. The van der Waals surface area contributed by atoms with Gasteiger partial charge in [-0.25, -0.2) is 0 Å². The molecule has 0 heterocycles. The lowest BCUT2D eigenvalue weighted by atomic mass is 9.80. The second-order valence-corrected chi connectivity index (χ2v) is 6.56. The molecule has 12 heavy (non-hydrogen) atoms. The van der Waals surface area contributed by atoms with E-state index in [2.05, 4.69) is 13.8 Å². The maximum absolute atomic E-state index is 5.72. The molecule has 0 amide bonds. The molecule has 0 aromatic rings. The van der Waals surface area contributed by atoms with Crippen molar-refractivity contribution in [2.24, 2.45) is 11.3 Å². The van der Waals surface area contributed by atoms with Crippen molar-refractivity contribution in [1.82, 2.24) is 0 Å². The zero-order chi connectivity index (χ0) is 9.41. The fourth-order valence-electron chi connectivity index (χ4n) is 1.89. The van der Waals surface area contributed by atoms with Gasteiger partial charge in [-0.1, -0.05) is 55.1 Å². The average molecular weight is 229 g/mol. The van der Waals surface area contributed by atoms with Gasteiger partial charge in [0, 0.05) is 6.42 Å². The quantitative estimate of drug-likeness (QED) is 0.584. The predicted molar refractivity (Wildman–Crippen MR) is 55.7 cm³/mol. The highest BCUT2D eigenvalue weighted by Crippen LogP contribution is 2.48. The smallest absolute Gasteiger partial charge is 0.0833 e. The summed E-state index contributed by atoms with van der Waals surface area (Å²) in [5.41, 5.74) is 0.309. The van der Waals surface area contributed by atoms with Crippen molar-refractivity contribution in [3.05, 3.63) is 6.42 Å². The fourth-order valence-corrected chi connectivity index (χ4v) is 2.35. The Hall–Kier alpha value is 0.870. The van der Waals surface area contributed by atoms with Gasteiger partial charge in [0.2, 0.25) is 0 Å². The van der Waals surface area contributed by atoms with Crippen LogP contribution in [0.25, 0.3) is 0 Å². The first-order valence-corrected chi connectivity index (χ1v) is 5.37. The topological polar surface area (TPSA) is 0 Å². The highest BCUT2D eigenvalue weighted by Gasteiger charge is 2.39. The molecule has 1 unspecified atom stereocenters. The van der Waals surface area contributed by atoms with E-state index in [1.165, 1.54) is 12.8 Å². The highest BCUT2D eigenvalue weighted by atomic mass is 35.6. The molecule has 0 aliphatic heterocycles. The molecule has 0 bridgehead atoms. The van der Waals surface area contributed by atoms with E-state index in [0.29, 0.717) is 11.3 Å². The third kappa shape index (κ3) is 2.97. The molecule has 1 rings (SSSR count). The molecule has 0 nitrogen and oxygen atoms in total. The van der Waals surface area contributed by atoms with E-state index >= 15 is 0 Å². The van der Waals surface area contributed by atoms with Crippen molar-refractivity contribution in [1.29, 1.82) is 0 Å². The molecule has 0 aromatic carbocycles. The van der Waals surface area contributed by atoms with Crippen LogP contribution in [-0.4, -0.2) is 3.79 Å². The number of rotatable bonds is 1. The molecule has 71 valence electrons. The molecule has 3 heteroatoms. The van der Waals surface area contributed by atoms with E-state index in [0.717, 1.165) is 6.42 Å². The minimum atomic E-state index is -1.19. The molecule has 0 spiro atoms. The maximum atomic E-state index is 5.72. The number of halogens is 3. The van der Waals surface area contributed by atoms with Crippen molar-refractivity contribution in [3.8, 4) is 0 Å². The zero-order valence-electron chi connectivity index (χ0n) is 7.41. The Labute approximate surface area is 89.6 Å². The largest absolute Gasteiger partial charge is 0.194 e. The van der Waals surface area contributed by atoms with E-state index in [-0.39, 0.29) is 0 Å². The summed E-state index contributed by atoms with van der Waals surface area (Å²) in [6.07, 6.45) is 5.48. The van der Waals surface area contributed by atoms with Gasteiger partial charge < -0.3 is 0 Å². The molecular formula is C9H14Cl3. The van der Waals surface area contributed by atoms with Crippen LogP contribution in [0.2, 0.25) is 0 Å². The molecule has 1 aliphatic carbocycles. The zero-order valence-corrected chi connectivity index (χ0v) is 9.68. The van der Waals surface area contributed by atoms with Gasteiger partial charge in [-0.3, -0.25) is 0 Å². The van der Waals surface area contributed by atoms with Crippen molar-refractivity contribution in [2.45, 2.75) is 36.9 Å². The molecule has 1 fully saturated rings. The number of alkyl halides is 3. The molecule has 1 radical (unpaired) electrons. The van der Waals surface area contributed by atoms with E-state index in [1.54, 1.807) is 0 Å². The van der Waals surface area contributed by atoms with Gasteiger partial charge in [0.05, 0.1) is 0 Å². The van der Waals surface area contributed by atoms with Crippen molar-refractivity contribution >= 4 is 34.8 Å². The standard InChI is InChI=1S/C9H14Cl3/c1-8(2)5-3-4-7(8)6-9(10,11)12/h6-7H,3-5H2,1-2H3. The summed E-state index contributed by atoms with van der Waals surface area (Å²) in [7, 11) is 0. The first kappa shape index (κ1) is 10.9. The molecule has 1 atom stereocenters. The lowest BCUT2D eigenvalue weighted by molar-refractivity contribution is 0.290. The summed E-state index contributed by atoms with van der Waals surface area (Å²) >= 11 is 17.1. The van der Waals surface area contributed by atoms with Gasteiger partial charge in [-0.15, -0.1) is 0 Å². The normalized spacial score (nSPS) is 29.2. The van der Waals surface area contributed by atoms with Crippen LogP contribution in [0.5, 0.6) is 0 Å². The van der Waals surface area contributed by atoms with Crippen molar-refractivity contribution in [2.75, 3.05) is 0 Å². The summed E-state index contributed by atoms with van der Waals surface area (Å²) in [6.45, 7) is 4.47. The van der Waals surface area contributed by atoms with E-state index in [9.17, 15) is 0 Å². The van der Waals surface area contributed by atoms with Gasteiger partial charge in [-0.05, 0) is 24.2 Å². The minimum absolute atomic E-state index is 0.309. The van der Waals surface area contributed by atoms with Gasteiger partial charge in [0.25, 0.3) is 0 Å². The van der Waals surface area contributed by atoms with Crippen LogP contribution >= 0.6 is 34.8 Å². The van der Waals surface area contributed by atoms with E-state index in [1.807, 2.05) is 6.42 Å². The molecule has 0 saturated heterocycles. The summed E-state index contributed by atoms with van der Waals surface area (Å²) in [5.74, 6) is 0.449. The van der Waals surface area contributed by atoms with Crippen LogP contribution in [0.3, 0.4) is 0 Å². The van der Waals surface area contributed by atoms with Crippen LogP contribution in [0.1, 0.15) is 33.1 Å². The van der Waals surface area contributed by atoms with Gasteiger partial charge >= 0.3 is 0 Å². The van der Waals surface area contributed by atoms with Crippen LogP contribution in [0, 0.1) is 17.8 Å². The summed E-state index contributed by atoms with van der Waals surface area (Å²) in [5, 5.41) is 0. The fraction of sp³-hybridized carbons (Fsp3) is 0.889. The lowest BCUT2D eigenvalue weighted by Gasteiger charge is -2.29. The van der Waals surface area contributed by atoms with Gasteiger partial charge in [0.1, 0.15) is 0 Å². The lowest BCUT2D eigenvalue weighted by Crippen LogP contribution is -2.23. The van der Waals surface area contributed by atoms with Gasteiger partial charge in [-0.2, -0.15) is 0 Å². The average Bonchev–Trinajstić information content (AvgIpc) is 2.07. The molecule has 0 aromatic heterocycles. The Bertz CT molecular complexity index is 158. The van der Waals surface area contributed by atoms with Crippen LogP contribution in [0.15, 0.2) is 0 Å². The Balaban J connectivity index is 2.53. The molecule has 0 N–H and O–H groups in total. The van der Waals surface area contributed by atoms with Crippen molar-refractivity contribution in [3.63, 3.8) is 0 Å². The molecular weight excluding hydrogens is 214 g/mol. The highest BCUT2D eigenvalue weighted by molar-refractivity contribution is 6.68. The Kier molecular flexibility index (Phi) is 3.24. The maximum Gasteiger partial charge on any atom is 0.194 e. The van der Waals surface area contributed by atoms with Crippen LogP contribution in [-0.2, 0) is 0 Å². The minimum Gasteiger partial charge on any atom is -0.0833 e. The van der Waals surface area contributed by atoms with Crippen molar-refractivity contribution < 1.29 is 0 Å². The predicted octanol–water partition coefficient (Wildman–Crippen LogP) is 4.39. The van der Waals surface area contributed by atoms with Crippen LogP contribution in [0.4, 0.5) is 0 Å². The van der Waals surface area contributed by atoms with E-state index < -0.39 is 3.79 Å². The molecule has 1 aliphatic rings. The summed E-state index contributed by atoms with van der Waals surface area (Å²) in [6, 6.07) is 0. The third-order valence-electron chi connectivity index (χ3n) is 2.73. The second-order valence-electron chi connectivity index (χ2n) is 4.20. The first-order valence-electron chi connectivity index (χ1n) is 4.24. The third-order valence-corrected chi connectivity index (χ3v) is 3.11. The Morgan fingerprint density at radius 3 is 2.25 bits per heavy atom. The van der Waals surface area contributed by atoms with E-state index in [4.69, 9.17) is 34.8 Å². The first-order chi connectivity index (χ1) is 5.31. The van der Waals surface area contributed by atoms with Crippen LogP contribution < -0.4 is 0 Å². The SMILES string of the molecule is CC1(C)CCCC1[CH]C(Cl)(Cl)Cl. The summed E-state index contributed by atoms with van der Waals surface area (Å²) in [4.78, 5) is 0. The number of hydrogen-bond acceptors (Lipinski definition) is 0. The monoisotopic (exact) mass is 227 g/mol. The molecule has 1 saturated carbocycles. The van der Waals surface area contributed by atoms with Gasteiger partial charge in [0.15, 0.2) is 3.79 Å². The number of hydrogen-bond donors (Lipinski definition) is 0. The second kappa shape index (κ2) is 3.55. The Morgan fingerprint density at radius 1 is 1.33 bits per heavy atom.